The highest BCUT2D eigenvalue weighted by atomic mass is 14.5. The summed E-state index contributed by atoms with van der Waals surface area (Å²) >= 11 is 0. The van der Waals surface area contributed by atoms with Gasteiger partial charge in [0, 0.05) is 0 Å². The maximum absolute atomic E-state index is 2.46. The summed E-state index contributed by atoms with van der Waals surface area (Å²) in [5.41, 5.74) is 18.1. The first kappa shape index (κ1) is 23.9. The van der Waals surface area contributed by atoms with Crippen LogP contribution in [0.2, 0.25) is 0 Å². The summed E-state index contributed by atoms with van der Waals surface area (Å²) in [5, 5.41) is 0. The summed E-state index contributed by atoms with van der Waals surface area (Å²) < 4.78 is 0. The molecule has 0 bridgehead atoms. The van der Waals surface area contributed by atoms with Gasteiger partial charge in [0.25, 0.3) is 0 Å². The highest BCUT2D eigenvalue weighted by Gasteiger charge is 2.51. The number of hydrogen-bond acceptors (Lipinski definition) is 0. The van der Waals surface area contributed by atoms with E-state index in [2.05, 4.69) is 159 Å². The van der Waals surface area contributed by atoms with E-state index in [1.54, 1.807) is 0 Å². The normalized spacial score (nSPS) is 16.0. The first-order valence-electron chi connectivity index (χ1n) is 14.4. The van der Waals surface area contributed by atoms with Crippen molar-refractivity contribution in [1.82, 2.24) is 0 Å². The fraction of sp³-hybridized carbons (Fsp3) is 0.0732. The zero-order valence-corrected chi connectivity index (χ0v) is 23.4. The van der Waals surface area contributed by atoms with Crippen molar-refractivity contribution in [3.05, 3.63) is 178 Å². The van der Waals surface area contributed by atoms with E-state index in [1.165, 1.54) is 77.9 Å². The van der Waals surface area contributed by atoms with Crippen LogP contribution in [0.15, 0.2) is 133 Å². The van der Waals surface area contributed by atoms with Crippen molar-refractivity contribution in [3.8, 4) is 33.4 Å². The van der Waals surface area contributed by atoms with Crippen LogP contribution in [0.5, 0.6) is 0 Å². The second kappa shape index (κ2) is 9.04. The van der Waals surface area contributed by atoms with Gasteiger partial charge in [0.2, 0.25) is 0 Å². The quantitative estimate of drug-likeness (QED) is 0.202. The molecule has 194 valence electrons. The SMILES string of the molecule is Cc1ccc(/C=C/c2ccc(-c3ccc4c(c3)C3(c5ccccc5-c5ccc(C)cc53)c3ccccc3-4)cc2)cc1. The molecule has 0 amide bonds. The maximum Gasteiger partial charge on any atom is 0.0725 e. The van der Waals surface area contributed by atoms with Crippen LogP contribution < -0.4 is 0 Å². The number of hydrogen-bond donors (Lipinski definition) is 0. The lowest BCUT2D eigenvalue weighted by Gasteiger charge is -2.31. The Morgan fingerprint density at radius 1 is 0.390 bits per heavy atom. The van der Waals surface area contributed by atoms with Gasteiger partial charge in [-0.2, -0.15) is 0 Å². The van der Waals surface area contributed by atoms with Gasteiger partial charge in [-0.25, -0.2) is 0 Å². The summed E-state index contributed by atoms with van der Waals surface area (Å²) in [4.78, 5) is 0. The van der Waals surface area contributed by atoms with E-state index in [-0.39, 0.29) is 5.41 Å². The monoisotopic (exact) mass is 522 g/mol. The van der Waals surface area contributed by atoms with Crippen molar-refractivity contribution >= 4 is 12.2 Å². The third-order valence-electron chi connectivity index (χ3n) is 9.03. The molecular weight excluding hydrogens is 492 g/mol. The molecule has 0 heterocycles. The van der Waals surface area contributed by atoms with Gasteiger partial charge in [-0.1, -0.05) is 151 Å². The van der Waals surface area contributed by atoms with Crippen molar-refractivity contribution < 1.29 is 0 Å². The van der Waals surface area contributed by atoms with Crippen LogP contribution >= 0.6 is 0 Å². The smallest absolute Gasteiger partial charge is 0.0619 e. The van der Waals surface area contributed by atoms with Crippen molar-refractivity contribution in [2.75, 3.05) is 0 Å². The van der Waals surface area contributed by atoms with Gasteiger partial charge in [-0.3, -0.25) is 0 Å². The van der Waals surface area contributed by atoms with Crippen molar-refractivity contribution in [2.45, 2.75) is 19.3 Å². The Balaban J connectivity index is 1.27. The number of fused-ring (bicyclic) bond motifs is 10. The predicted octanol–water partition coefficient (Wildman–Crippen LogP) is 10.5. The molecule has 2 aliphatic carbocycles. The van der Waals surface area contributed by atoms with E-state index in [4.69, 9.17) is 0 Å². The predicted molar refractivity (Wildman–Crippen MR) is 173 cm³/mol. The van der Waals surface area contributed by atoms with Crippen LogP contribution in [0.25, 0.3) is 45.5 Å². The third-order valence-corrected chi connectivity index (χ3v) is 9.03. The van der Waals surface area contributed by atoms with Crippen LogP contribution in [0.3, 0.4) is 0 Å². The van der Waals surface area contributed by atoms with Gasteiger partial charge in [-0.15, -0.1) is 0 Å². The lowest BCUT2D eigenvalue weighted by Crippen LogP contribution is -2.26. The molecule has 6 aromatic carbocycles. The molecule has 41 heavy (non-hydrogen) atoms. The molecule has 0 saturated carbocycles. The maximum atomic E-state index is 2.46. The van der Waals surface area contributed by atoms with Crippen LogP contribution in [0.1, 0.15) is 44.5 Å². The zero-order chi connectivity index (χ0) is 27.6. The van der Waals surface area contributed by atoms with Crippen molar-refractivity contribution in [3.63, 3.8) is 0 Å². The third kappa shape index (κ3) is 3.54. The molecule has 1 atom stereocenters. The molecule has 0 nitrogen and oxygen atoms in total. The molecule has 0 saturated heterocycles. The minimum atomic E-state index is -0.309. The molecule has 0 radical (unpaired) electrons. The van der Waals surface area contributed by atoms with Gasteiger partial charge in [-0.05, 0) is 86.7 Å². The van der Waals surface area contributed by atoms with Gasteiger partial charge in [0.1, 0.15) is 0 Å². The average Bonchev–Trinajstić information content (AvgIpc) is 3.47. The Kier molecular flexibility index (Phi) is 5.27. The summed E-state index contributed by atoms with van der Waals surface area (Å²) in [5.74, 6) is 0. The van der Waals surface area contributed by atoms with E-state index in [0.717, 1.165) is 0 Å². The second-order valence-corrected chi connectivity index (χ2v) is 11.5. The van der Waals surface area contributed by atoms with Gasteiger partial charge >= 0.3 is 0 Å². The first-order valence-corrected chi connectivity index (χ1v) is 14.4. The standard InChI is InChI=1S/C41H30/c1-27-11-14-29(15-12-27)16-17-30-18-20-31(21-19-30)32-22-24-36-34-8-4-6-10-38(34)41(40(36)26-32)37-9-5-3-7-33(37)35-23-13-28(2)25-39(35)41/h3-26H,1-2H3/b17-16+. The van der Waals surface area contributed by atoms with Crippen LogP contribution in [0.4, 0.5) is 0 Å². The molecule has 1 spiro atoms. The highest BCUT2D eigenvalue weighted by Crippen LogP contribution is 2.63. The van der Waals surface area contributed by atoms with Crippen molar-refractivity contribution in [1.29, 1.82) is 0 Å². The largest absolute Gasteiger partial charge is 0.0725 e. The lowest BCUT2D eigenvalue weighted by molar-refractivity contribution is 0.793. The Morgan fingerprint density at radius 2 is 0.854 bits per heavy atom. The summed E-state index contributed by atoms with van der Waals surface area (Å²) in [6.07, 6.45) is 4.37. The molecular formula is C41H30. The van der Waals surface area contributed by atoms with Crippen LogP contribution in [-0.2, 0) is 5.41 Å². The molecule has 0 aromatic heterocycles. The number of rotatable bonds is 3. The van der Waals surface area contributed by atoms with Gasteiger partial charge < -0.3 is 0 Å². The molecule has 0 heteroatoms. The molecule has 8 rings (SSSR count). The zero-order valence-electron chi connectivity index (χ0n) is 23.4. The number of benzene rings is 6. The molecule has 0 fully saturated rings. The van der Waals surface area contributed by atoms with Gasteiger partial charge in [0.05, 0.1) is 5.41 Å². The molecule has 2 aliphatic rings. The second-order valence-electron chi connectivity index (χ2n) is 11.5. The van der Waals surface area contributed by atoms with E-state index in [0.29, 0.717) is 0 Å². The molecule has 6 aromatic rings. The summed E-state index contributed by atoms with van der Waals surface area (Å²) in [6, 6.07) is 49.7. The fourth-order valence-corrected chi connectivity index (χ4v) is 7.09. The Bertz CT molecular complexity index is 1970. The van der Waals surface area contributed by atoms with E-state index in [9.17, 15) is 0 Å². The Labute approximate surface area is 242 Å². The fourth-order valence-electron chi connectivity index (χ4n) is 7.09. The molecule has 0 N–H and O–H groups in total. The number of aryl methyl sites for hydroxylation is 2. The summed E-state index contributed by atoms with van der Waals surface area (Å²) in [6.45, 7) is 4.33. The average molecular weight is 523 g/mol. The Hall–Kier alpha value is -4.94. The molecule has 1 unspecified atom stereocenters. The van der Waals surface area contributed by atoms with Crippen LogP contribution in [-0.4, -0.2) is 0 Å². The highest BCUT2D eigenvalue weighted by molar-refractivity contribution is 5.96. The first-order chi connectivity index (χ1) is 20.1. The van der Waals surface area contributed by atoms with E-state index >= 15 is 0 Å². The lowest BCUT2D eigenvalue weighted by atomic mass is 9.70. The Morgan fingerprint density at radius 3 is 1.49 bits per heavy atom. The van der Waals surface area contributed by atoms with Crippen molar-refractivity contribution in [2.24, 2.45) is 0 Å². The topological polar surface area (TPSA) is 0 Å². The minimum Gasteiger partial charge on any atom is -0.0619 e. The summed E-state index contributed by atoms with van der Waals surface area (Å²) in [7, 11) is 0. The molecule has 0 aliphatic heterocycles. The van der Waals surface area contributed by atoms with Crippen LogP contribution in [0, 0.1) is 13.8 Å². The van der Waals surface area contributed by atoms with E-state index < -0.39 is 0 Å². The van der Waals surface area contributed by atoms with E-state index in [1.807, 2.05) is 0 Å². The minimum absolute atomic E-state index is 0.309. The van der Waals surface area contributed by atoms with Gasteiger partial charge in [0.15, 0.2) is 0 Å².